The van der Waals surface area contributed by atoms with Crippen molar-refractivity contribution in [2.24, 2.45) is 7.05 Å². The molecule has 1 aliphatic rings. The molecule has 9 nitrogen and oxygen atoms in total. The van der Waals surface area contributed by atoms with Gasteiger partial charge in [0, 0.05) is 49.4 Å². The Hall–Kier alpha value is -2.76. The highest BCUT2D eigenvalue weighted by molar-refractivity contribution is 7.89. The highest BCUT2D eigenvalue weighted by Crippen LogP contribution is 2.26. The third kappa shape index (κ3) is 4.09. The van der Waals surface area contributed by atoms with Crippen LogP contribution in [0.5, 0.6) is 5.75 Å². The van der Waals surface area contributed by atoms with Crippen LogP contribution >= 0.6 is 11.3 Å². The molecule has 2 aromatic heterocycles. The molecule has 0 saturated heterocycles. The van der Waals surface area contributed by atoms with Crippen LogP contribution in [0.2, 0.25) is 0 Å². The molecular weight excluding hydrogens is 426 g/mol. The van der Waals surface area contributed by atoms with Crippen LogP contribution in [0, 0.1) is 0 Å². The molecule has 0 atom stereocenters. The van der Waals surface area contributed by atoms with Crippen LogP contribution in [-0.4, -0.2) is 53.4 Å². The molecule has 4 rings (SSSR count). The van der Waals surface area contributed by atoms with Crippen LogP contribution in [0.4, 0.5) is 5.69 Å². The molecule has 1 aliphatic heterocycles. The Morgan fingerprint density at radius 2 is 2.07 bits per heavy atom. The standard InChI is InChI=1S/C19H21N5O4S2/c1-23-11-17(20-12-23)30(26,27)24-8-6-15-16(7-9-24)29-19(22-15)18(25)21-13-4-3-5-14(10-13)28-2/h3-5,10-12H,6-9H2,1-2H3,(H,21,25). The van der Waals surface area contributed by atoms with Gasteiger partial charge >= 0.3 is 0 Å². The van der Waals surface area contributed by atoms with Crippen molar-refractivity contribution in [1.82, 2.24) is 18.8 Å². The third-order valence-electron chi connectivity index (χ3n) is 4.77. The van der Waals surface area contributed by atoms with E-state index in [2.05, 4.69) is 15.3 Å². The molecule has 0 radical (unpaired) electrons. The van der Waals surface area contributed by atoms with E-state index in [9.17, 15) is 13.2 Å². The van der Waals surface area contributed by atoms with Crippen LogP contribution in [0.3, 0.4) is 0 Å². The fraction of sp³-hybridized carbons (Fsp3) is 0.316. The molecule has 1 aromatic carbocycles. The lowest BCUT2D eigenvalue weighted by atomic mass is 10.2. The molecule has 0 saturated carbocycles. The van der Waals surface area contributed by atoms with Crippen molar-refractivity contribution in [2.45, 2.75) is 17.9 Å². The van der Waals surface area contributed by atoms with Crippen LogP contribution < -0.4 is 10.1 Å². The average molecular weight is 448 g/mol. The Balaban J connectivity index is 1.46. The first kappa shape index (κ1) is 20.5. The van der Waals surface area contributed by atoms with E-state index < -0.39 is 10.0 Å². The van der Waals surface area contributed by atoms with Gasteiger partial charge in [-0.2, -0.15) is 4.31 Å². The first-order valence-electron chi connectivity index (χ1n) is 9.29. The van der Waals surface area contributed by atoms with Crippen LogP contribution in [-0.2, 0) is 29.9 Å². The molecule has 0 spiro atoms. The summed E-state index contributed by atoms with van der Waals surface area (Å²) in [6, 6.07) is 7.10. The summed E-state index contributed by atoms with van der Waals surface area (Å²) in [7, 11) is -0.351. The summed E-state index contributed by atoms with van der Waals surface area (Å²) in [6.45, 7) is 0.623. The molecule has 11 heteroatoms. The lowest BCUT2D eigenvalue weighted by molar-refractivity contribution is 0.102. The number of carbonyl (C=O) groups is 1. The molecule has 0 aliphatic carbocycles. The molecule has 0 fully saturated rings. The number of anilines is 1. The van der Waals surface area contributed by atoms with Crippen molar-refractivity contribution < 1.29 is 17.9 Å². The molecule has 3 aromatic rings. The Morgan fingerprint density at radius 3 is 2.80 bits per heavy atom. The second-order valence-electron chi connectivity index (χ2n) is 6.86. The lowest BCUT2D eigenvalue weighted by Gasteiger charge is -2.18. The predicted molar refractivity (Wildman–Crippen MR) is 112 cm³/mol. The predicted octanol–water partition coefficient (Wildman–Crippen LogP) is 1.93. The van der Waals surface area contributed by atoms with Gasteiger partial charge in [-0.1, -0.05) is 6.07 Å². The fourth-order valence-electron chi connectivity index (χ4n) is 3.22. The summed E-state index contributed by atoms with van der Waals surface area (Å²) in [6.07, 6.45) is 3.92. The zero-order chi connectivity index (χ0) is 21.3. The van der Waals surface area contributed by atoms with Gasteiger partial charge in [-0.25, -0.2) is 18.4 Å². The number of hydrogen-bond acceptors (Lipinski definition) is 7. The van der Waals surface area contributed by atoms with Crippen molar-refractivity contribution in [2.75, 3.05) is 25.5 Å². The monoisotopic (exact) mass is 447 g/mol. The molecule has 30 heavy (non-hydrogen) atoms. The van der Waals surface area contributed by atoms with Gasteiger partial charge in [0.25, 0.3) is 15.9 Å². The van der Waals surface area contributed by atoms with E-state index in [1.54, 1.807) is 43.0 Å². The minimum absolute atomic E-state index is 0.0431. The molecule has 158 valence electrons. The largest absolute Gasteiger partial charge is 0.497 e. The van der Waals surface area contributed by atoms with Crippen molar-refractivity contribution in [3.05, 3.63) is 52.4 Å². The van der Waals surface area contributed by atoms with Crippen LogP contribution in [0.25, 0.3) is 0 Å². The van der Waals surface area contributed by atoms with Crippen LogP contribution in [0.1, 0.15) is 20.4 Å². The average Bonchev–Trinajstić information content (AvgIpc) is 3.30. The lowest BCUT2D eigenvalue weighted by Crippen LogP contribution is -2.33. The number of imidazole rings is 1. The van der Waals surface area contributed by atoms with Gasteiger partial charge in [-0.05, 0) is 18.6 Å². The minimum Gasteiger partial charge on any atom is -0.497 e. The quantitative estimate of drug-likeness (QED) is 0.641. The maximum absolute atomic E-state index is 12.8. The van der Waals surface area contributed by atoms with E-state index in [0.717, 1.165) is 10.6 Å². The Morgan fingerprint density at radius 1 is 1.27 bits per heavy atom. The summed E-state index contributed by atoms with van der Waals surface area (Å²) >= 11 is 1.30. The number of ether oxygens (including phenoxy) is 1. The van der Waals surface area contributed by atoms with Crippen molar-refractivity contribution in [1.29, 1.82) is 0 Å². The zero-order valence-corrected chi connectivity index (χ0v) is 18.2. The maximum atomic E-state index is 12.8. The Labute approximate surface area is 178 Å². The number of benzene rings is 1. The normalized spacial score (nSPS) is 14.7. The number of methoxy groups -OCH3 is 1. The van der Waals surface area contributed by atoms with Crippen LogP contribution in [0.15, 0.2) is 41.8 Å². The number of hydrogen-bond donors (Lipinski definition) is 1. The number of aromatic nitrogens is 3. The summed E-state index contributed by atoms with van der Waals surface area (Å²) in [5.41, 5.74) is 1.40. The number of nitrogens with zero attached hydrogens (tertiary/aromatic N) is 4. The van der Waals surface area contributed by atoms with Gasteiger partial charge in [0.15, 0.2) is 10.0 Å². The second kappa shape index (κ2) is 8.17. The van der Waals surface area contributed by atoms with E-state index in [1.807, 2.05) is 0 Å². The number of sulfonamides is 1. The summed E-state index contributed by atoms with van der Waals surface area (Å²) in [5, 5.41) is 3.23. The SMILES string of the molecule is COc1cccc(NC(=O)c2nc3c(s2)CCN(S(=O)(=O)c2cn(C)cn2)CC3)c1. The van der Waals surface area contributed by atoms with Crippen molar-refractivity contribution in [3.8, 4) is 5.75 Å². The first-order valence-corrected chi connectivity index (χ1v) is 11.5. The van der Waals surface area contributed by atoms with Gasteiger partial charge in [0.05, 0.1) is 19.1 Å². The van der Waals surface area contributed by atoms with Crippen molar-refractivity contribution >= 4 is 33.0 Å². The van der Waals surface area contributed by atoms with E-state index in [4.69, 9.17) is 4.74 Å². The van der Waals surface area contributed by atoms with E-state index in [1.165, 1.54) is 28.2 Å². The van der Waals surface area contributed by atoms with Gasteiger partial charge in [-0.3, -0.25) is 4.79 Å². The summed E-state index contributed by atoms with van der Waals surface area (Å²) < 4.78 is 33.8. The van der Waals surface area contributed by atoms with Gasteiger partial charge in [-0.15, -0.1) is 11.3 Å². The maximum Gasteiger partial charge on any atom is 0.284 e. The molecule has 0 bridgehead atoms. The third-order valence-corrected chi connectivity index (χ3v) is 7.71. The van der Waals surface area contributed by atoms with Crippen molar-refractivity contribution in [3.63, 3.8) is 0 Å². The highest BCUT2D eigenvalue weighted by Gasteiger charge is 2.30. The minimum atomic E-state index is -3.65. The first-order chi connectivity index (χ1) is 14.4. The molecular formula is C19H21N5O4S2. The number of amides is 1. The zero-order valence-electron chi connectivity index (χ0n) is 16.5. The Kier molecular flexibility index (Phi) is 5.58. The fourth-order valence-corrected chi connectivity index (χ4v) is 5.62. The van der Waals surface area contributed by atoms with Gasteiger partial charge in [0.2, 0.25) is 0 Å². The number of thiazole rings is 1. The number of nitrogens with one attached hydrogen (secondary N) is 1. The molecule has 3 heterocycles. The molecule has 1 amide bonds. The highest BCUT2D eigenvalue weighted by atomic mass is 32.2. The van der Waals surface area contributed by atoms with Gasteiger partial charge < -0.3 is 14.6 Å². The number of carbonyl (C=O) groups excluding carboxylic acids is 1. The van der Waals surface area contributed by atoms with Gasteiger partial charge in [0.1, 0.15) is 5.75 Å². The summed E-state index contributed by atoms with van der Waals surface area (Å²) in [5.74, 6) is 0.358. The molecule has 1 N–H and O–H groups in total. The topological polar surface area (TPSA) is 106 Å². The number of aryl methyl sites for hydroxylation is 1. The second-order valence-corrected chi connectivity index (χ2v) is 9.82. The smallest absolute Gasteiger partial charge is 0.284 e. The van der Waals surface area contributed by atoms with E-state index in [0.29, 0.717) is 42.4 Å². The number of rotatable bonds is 5. The van der Waals surface area contributed by atoms with E-state index in [-0.39, 0.29) is 10.9 Å². The number of fused-ring (bicyclic) bond motifs is 1. The van der Waals surface area contributed by atoms with E-state index >= 15 is 0 Å². The Bertz CT molecular complexity index is 1160. The summed E-state index contributed by atoms with van der Waals surface area (Å²) in [4.78, 5) is 22.0. The molecule has 0 unspecified atom stereocenters.